The second kappa shape index (κ2) is 8.39. The molecule has 0 aliphatic rings. The van der Waals surface area contributed by atoms with Gasteiger partial charge in [0.2, 0.25) is 5.91 Å². The Bertz CT molecular complexity index is 1050. The summed E-state index contributed by atoms with van der Waals surface area (Å²) in [6, 6.07) is 9.54. The Morgan fingerprint density at radius 2 is 1.93 bits per heavy atom. The number of pyridine rings is 1. The molecular formula is C21H26N4O3. The van der Waals surface area contributed by atoms with Gasteiger partial charge in [-0.25, -0.2) is 4.68 Å². The summed E-state index contributed by atoms with van der Waals surface area (Å²) in [7, 11) is 1.58. The summed E-state index contributed by atoms with van der Waals surface area (Å²) in [4.78, 5) is 25.2. The van der Waals surface area contributed by atoms with E-state index in [2.05, 4.69) is 10.4 Å². The molecule has 0 radical (unpaired) electrons. The van der Waals surface area contributed by atoms with Gasteiger partial charge in [0.1, 0.15) is 12.2 Å². The number of ether oxygens (including phenoxy) is 1. The molecule has 2 aromatic heterocycles. The highest BCUT2D eigenvalue weighted by Gasteiger charge is 2.19. The van der Waals surface area contributed by atoms with Crippen molar-refractivity contribution in [3.63, 3.8) is 0 Å². The number of amides is 1. The van der Waals surface area contributed by atoms with Crippen LogP contribution >= 0.6 is 0 Å². The molecule has 0 saturated heterocycles. The van der Waals surface area contributed by atoms with Crippen molar-refractivity contribution >= 4 is 16.9 Å². The van der Waals surface area contributed by atoms with Crippen molar-refractivity contribution in [2.75, 3.05) is 20.3 Å². The zero-order chi connectivity index (χ0) is 20.3. The molecule has 0 saturated carbocycles. The van der Waals surface area contributed by atoms with Gasteiger partial charge in [0.25, 0.3) is 5.56 Å². The number of carbonyl (C=O) groups is 1. The number of nitrogens with one attached hydrogen (secondary N) is 1. The molecule has 3 aromatic rings. The molecule has 1 aromatic carbocycles. The van der Waals surface area contributed by atoms with E-state index >= 15 is 0 Å². The van der Waals surface area contributed by atoms with Gasteiger partial charge in [-0.05, 0) is 38.0 Å². The van der Waals surface area contributed by atoms with Gasteiger partial charge in [0, 0.05) is 25.1 Å². The van der Waals surface area contributed by atoms with Crippen molar-refractivity contribution in [3.05, 3.63) is 57.5 Å². The highest BCUT2D eigenvalue weighted by Crippen LogP contribution is 2.24. The fourth-order valence-electron chi connectivity index (χ4n) is 3.33. The number of nitrogens with zero attached hydrogens (tertiary/aromatic N) is 3. The molecule has 2 heterocycles. The van der Waals surface area contributed by atoms with E-state index in [9.17, 15) is 9.59 Å². The maximum absolute atomic E-state index is 12.8. The van der Waals surface area contributed by atoms with E-state index in [0.29, 0.717) is 25.2 Å². The summed E-state index contributed by atoms with van der Waals surface area (Å²) >= 11 is 0. The highest BCUT2D eigenvalue weighted by molar-refractivity contribution is 5.85. The average Bonchev–Trinajstić information content (AvgIpc) is 3.02. The first-order chi connectivity index (χ1) is 13.5. The third-order valence-electron chi connectivity index (χ3n) is 4.77. The lowest BCUT2D eigenvalue weighted by atomic mass is 10.1. The van der Waals surface area contributed by atoms with Crippen LogP contribution in [-0.4, -0.2) is 40.5 Å². The van der Waals surface area contributed by atoms with Crippen molar-refractivity contribution in [2.24, 2.45) is 0 Å². The van der Waals surface area contributed by atoms with Crippen LogP contribution in [0.2, 0.25) is 0 Å². The van der Waals surface area contributed by atoms with Crippen LogP contribution in [0.15, 0.2) is 35.1 Å². The smallest absolute Gasteiger partial charge is 0.252 e. The summed E-state index contributed by atoms with van der Waals surface area (Å²) < 4.78 is 8.21. The van der Waals surface area contributed by atoms with Crippen LogP contribution in [0, 0.1) is 13.8 Å². The molecule has 0 spiro atoms. The predicted octanol–water partition coefficient (Wildman–Crippen LogP) is 2.13. The normalized spacial score (nSPS) is 11.1. The minimum Gasteiger partial charge on any atom is -0.383 e. The first-order valence-corrected chi connectivity index (χ1v) is 9.41. The Hall–Kier alpha value is -2.93. The van der Waals surface area contributed by atoms with E-state index in [-0.39, 0.29) is 18.0 Å². The quantitative estimate of drug-likeness (QED) is 0.635. The van der Waals surface area contributed by atoms with Gasteiger partial charge in [-0.15, -0.1) is 0 Å². The maximum atomic E-state index is 12.8. The third kappa shape index (κ3) is 3.84. The van der Waals surface area contributed by atoms with Crippen molar-refractivity contribution < 1.29 is 9.53 Å². The van der Waals surface area contributed by atoms with Crippen LogP contribution in [0.1, 0.15) is 23.7 Å². The molecule has 28 heavy (non-hydrogen) atoms. The van der Waals surface area contributed by atoms with Gasteiger partial charge in [-0.3, -0.25) is 14.2 Å². The van der Waals surface area contributed by atoms with Crippen molar-refractivity contribution in [3.8, 4) is 5.69 Å². The molecule has 0 atom stereocenters. The van der Waals surface area contributed by atoms with Gasteiger partial charge in [0.05, 0.1) is 18.0 Å². The molecular weight excluding hydrogens is 356 g/mol. The maximum Gasteiger partial charge on any atom is 0.252 e. The summed E-state index contributed by atoms with van der Waals surface area (Å²) in [6.07, 6.45) is 0.715. The molecule has 7 nitrogen and oxygen atoms in total. The van der Waals surface area contributed by atoms with Crippen molar-refractivity contribution in [1.29, 1.82) is 0 Å². The minimum atomic E-state index is -0.237. The van der Waals surface area contributed by atoms with Crippen LogP contribution in [0.25, 0.3) is 16.7 Å². The summed E-state index contributed by atoms with van der Waals surface area (Å²) in [5, 5.41) is 8.38. The van der Waals surface area contributed by atoms with Crippen molar-refractivity contribution in [2.45, 2.75) is 33.7 Å². The SMILES string of the molecule is CCc1cc(=O)n(CC(=O)NCCOC)c2c1c(C)nn2-c1ccc(C)cc1. The van der Waals surface area contributed by atoms with Gasteiger partial charge in [0.15, 0.2) is 0 Å². The lowest BCUT2D eigenvalue weighted by molar-refractivity contribution is -0.121. The molecule has 0 fully saturated rings. The number of hydrogen-bond donors (Lipinski definition) is 1. The molecule has 7 heteroatoms. The highest BCUT2D eigenvalue weighted by atomic mass is 16.5. The second-order valence-corrected chi connectivity index (χ2v) is 6.82. The predicted molar refractivity (Wildman–Crippen MR) is 109 cm³/mol. The van der Waals surface area contributed by atoms with E-state index in [1.54, 1.807) is 17.9 Å². The standard InChI is InChI=1S/C21H26N4O3/c1-5-16-12-19(27)24(13-18(26)22-10-11-28-4)21-20(16)15(3)23-25(21)17-8-6-14(2)7-9-17/h6-9,12H,5,10-11,13H2,1-4H3,(H,22,26). The Kier molecular flexibility index (Phi) is 5.94. The number of rotatable bonds is 7. The Labute approximate surface area is 163 Å². The van der Waals surface area contributed by atoms with Crippen LogP contribution in [0.3, 0.4) is 0 Å². The van der Waals surface area contributed by atoms with E-state index in [1.165, 1.54) is 4.57 Å². The lowest BCUT2D eigenvalue weighted by Gasteiger charge is -2.13. The fourth-order valence-corrected chi connectivity index (χ4v) is 3.33. The number of methoxy groups -OCH3 is 1. The Morgan fingerprint density at radius 1 is 1.21 bits per heavy atom. The number of carbonyl (C=O) groups excluding carboxylic acids is 1. The number of benzene rings is 1. The van der Waals surface area contributed by atoms with Crippen LogP contribution in [0.4, 0.5) is 0 Å². The van der Waals surface area contributed by atoms with E-state index in [0.717, 1.165) is 27.9 Å². The molecule has 3 rings (SSSR count). The van der Waals surface area contributed by atoms with Gasteiger partial charge < -0.3 is 10.1 Å². The van der Waals surface area contributed by atoms with Crippen molar-refractivity contribution in [1.82, 2.24) is 19.7 Å². The minimum absolute atomic E-state index is 0.0694. The first kappa shape index (κ1) is 19.8. The average molecular weight is 382 g/mol. The third-order valence-corrected chi connectivity index (χ3v) is 4.77. The topological polar surface area (TPSA) is 78.2 Å². The zero-order valence-corrected chi connectivity index (χ0v) is 16.8. The molecule has 0 aliphatic heterocycles. The van der Waals surface area contributed by atoms with E-state index in [1.807, 2.05) is 45.0 Å². The monoisotopic (exact) mass is 382 g/mol. The van der Waals surface area contributed by atoms with Gasteiger partial charge in [-0.1, -0.05) is 24.6 Å². The summed E-state index contributed by atoms with van der Waals surface area (Å²) in [5.41, 5.74) is 4.20. The number of aryl methyl sites for hydroxylation is 3. The molecule has 148 valence electrons. The molecule has 1 amide bonds. The van der Waals surface area contributed by atoms with Gasteiger partial charge >= 0.3 is 0 Å². The van der Waals surface area contributed by atoms with Crippen LogP contribution in [0.5, 0.6) is 0 Å². The Morgan fingerprint density at radius 3 is 2.57 bits per heavy atom. The number of fused-ring (bicyclic) bond motifs is 1. The number of hydrogen-bond acceptors (Lipinski definition) is 4. The summed E-state index contributed by atoms with van der Waals surface area (Å²) in [6.45, 7) is 6.71. The largest absolute Gasteiger partial charge is 0.383 e. The van der Waals surface area contributed by atoms with E-state index in [4.69, 9.17) is 4.74 Å². The van der Waals surface area contributed by atoms with Crippen LogP contribution < -0.4 is 10.9 Å². The van der Waals surface area contributed by atoms with E-state index < -0.39 is 0 Å². The van der Waals surface area contributed by atoms with Gasteiger partial charge in [-0.2, -0.15) is 5.10 Å². The zero-order valence-electron chi connectivity index (χ0n) is 16.8. The lowest BCUT2D eigenvalue weighted by Crippen LogP contribution is -2.34. The summed E-state index contributed by atoms with van der Waals surface area (Å²) in [5.74, 6) is -0.237. The number of aromatic nitrogens is 3. The second-order valence-electron chi connectivity index (χ2n) is 6.82. The molecule has 1 N–H and O–H groups in total. The molecule has 0 aliphatic carbocycles. The Balaban J connectivity index is 2.17. The van der Waals surface area contributed by atoms with Crippen LogP contribution in [-0.2, 0) is 22.5 Å². The first-order valence-electron chi connectivity index (χ1n) is 9.41. The fraction of sp³-hybridized carbons (Fsp3) is 0.381. The molecule has 0 bridgehead atoms. The molecule has 0 unspecified atom stereocenters.